The van der Waals surface area contributed by atoms with Crippen LogP contribution in [0.3, 0.4) is 0 Å². The van der Waals surface area contributed by atoms with E-state index in [2.05, 4.69) is 15.5 Å². The van der Waals surface area contributed by atoms with E-state index in [9.17, 15) is 4.79 Å². The van der Waals surface area contributed by atoms with E-state index in [1.165, 1.54) is 6.08 Å². The first-order chi connectivity index (χ1) is 8.63. The molecule has 0 saturated carbocycles. The third-order valence-electron chi connectivity index (χ3n) is 2.12. The fourth-order valence-corrected chi connectivity index (χ4v) is 1.27. The van der Waals surface area contributed by atoms with E-state index < -0.39 is 0 Å². The molecule has 0 saturated heterocycles. The van der Waals surface area contributed by atoms with Crippen LogP contribution in [0.25, 0.3) is 6.08 Å². The molecule has 18 heavy (non-hydrogen) atoms. The average molecular weight is 244 g/mol. The summed E-state index contributed by atoms with van der Waals surface area (Å²) in [6.45, 7) is 1.67. The fourth-order valence-electron chi connectivity index (χ4n) is 1.27. The summed E-state index contributed by atoms with van der Waals surface area (Å²) < 4.78 is 4.76. The zero-order valence-corrected chi connectivity index (χ0v) is 9.75. The number of anilines is 2. The molecule has 0 radical (unpaired) electrons. The molecule has 1 aromatic heterocycles. The van der Waals surface area contributed by atoms with Gasteiger partial charge in [0.2, 0.25) is 0 Å². The number of nitrogens with zero attached hydrogens (tertiary/aromatic N) is 2. The van der Waals surface area contributed by atoms with Crippen LogP contribution in [0.4, 0.5) is 11.7 Å². The zero-order chi connectivity index (χ0) is 13.0. The molecule has 2 rings (SSSR count). The number of nitrogens with one attached hydrogen (secondary N) is 1. The Labute approximate surface area is 103 Å². The molecule has 0 spiro atoms. The first-order valence-electron chi connectivity index (χ1n) is 5.28. The van der Waals surface area contributed by atoms with Crippen LogP contribution in [0.5, 0.6) is 0 Å². The van der Waals surface area contributed by atoms with Crippen LogP contribution >= 0.6 is 0 Å². The molecule has 0 atom stereocenters. The first-order valence-corrected chi connectivity index (χ1v) is 5.28. The van der Waals surface area contributed by atoms with Crippen LogP contribution in [-0.4, -0.2) is 16.0 Å². The summed E-state index contributed by atoms with van der Waals surface area (Å²) in [4.78, 5) is 15.4. The van der Waals surface area contributed by atoms with Gasteiger partial charge in [-0.2, -0.15) is 4.98 Å². The van der Waals surface area contributed by atoms with Gasteiger partial charge in [0.15, 0.2) is 5.82 Å². The lowest BCUT2D eigenvalue weighted by Gasteiger charge is -1.95. The Morgan fingerprint density at radius 1 is 1.39 bits per heavy atom. The molecule has 0 unspecified atom stereocenters. The number of nitrogen functional groups attached to an aromatic ring is 1. The molecule has 0 aliphatic heterocycles. The fraction of sp³-hybridized carbons (Fsp3) is 0.0833. The van der Waals surface area contributed by atoms with Crippen molar-refractivity contribution in [2.75, 3.05) is 11.1 Å². The van der Waals surface area contributed by atoms with Crippen LogP contribution in [0, 0.1) is 6.92 Å². The lowest BCUT2D eigenvalue weighted by molar-refractivity contribution is -0.112. The van der Waals surface area contributed by atoms with Crippen LogP contribution in [-0.2, 0) is 4.79 Å². The molecule has 1 aromatic carbocycles. The molecule has 0 fully saturated rings. The summed E-state index contributed by atoms with van der Waals surface area (Å²) >= 11 is 0. The Morgan fingerprint density at radius 2 is 2.11 bits per heavy atom. The minimum absolute atomic E-state index is 0.0828. The highest BCUT2D eigenvalue weighted by Gasteiger charge is 2.04. The Balaban J connectivity index is 1.96. The predicted octanol–water partition coefficient (Wildman–Crippen LogP) is 1.61. The second kappa shape index (κ2) is 5.13. The van der Waals surface area contributed by atoms with E-state index in [0.29, 0.717) is 11.5 Å². The molecule has 1 heterocycles. The van der Waals surface area contributed by atoms with Gasteiger partial charge >= 0.3 is 6.01 Å². The minimum Gasteiger partial charge on any atom is -0.399 e. The summed E-state index contributed by atoms with van der Waals surface area (Å²) in [5.74, 6) is 0.128. The number of aromatic nitrogens is 2. The molecule has 0 aliphatic carbocycles. The maximum Gasteiger partial charge on any atom is 0.328 e. The molecule has 0 aliphatic rings. The van der Waals surface area contributed by atoms with Crippen molar-refractivity contribution in [1.29, 1.82) is 0 Å². The quantitative estimate of drug-likeness (QED) is 0.632. The van der Waals surface area contributed by atoms with Gasteiger partial charge in [-0.1, -0.05) is 17.3 Å². The van der Waals surface area contributed by atoms with Crippen molar-refractivity contribution in [3.05, 3.63) is 41.7 Å². The molecule has 2 aromatic rings. The maximum atomic E-state index is 11.5. The van der Waals surface area contributed by atoms with Crippen molar-refractivity contribution in [3.8, 4) is 0 Å². The molecular formula is C12H12N4O2. The maximum absolute atomic E-state index is 11.5. The van der Waals surface area contributed by atoms with Gasteiger partial charge in [0.05, 0.1) is 0 Å². The van der Waals surface area contributed by atoms with E-state index in [-0.39, 0.29) is 11.9 Å². The highest BCUT2D eigenvalue weighted by molar-refractivity contribution is 6.00. The number of benzene rings is 1. The predicted molar refractivity (Wildman–Crippen MR) is 67.6 cm³/mol. The highest BCUT2D eigenvalue weighted by Crippen LogP contribution is 2.07. The van der Waals surface area contributed by atoms with E-state index in [1.807, 2.05) is 12.1 Å². The standard InChI is InChI=1S/C12H12N4O2/c1-8-14-12(18-16-8)15-11(17)7-4-9-2-5-10(13)6-3-9/h2-7H,13H2,1H3,(H,14,15,16,17)/b7-4+. The second-order valence-corrected chi connectivity index (χ2v) is 3.64. The number of nitrogens with two attached hydrogens (primary N) is 1. The number of carbonyl (C=O) groups is 1. The average Bonchev–Trinajstić information content (AvgIpc) is 2.74. The molecule has 6 heteroatoms. The minimum atomic E-state index is -0.338. The number of aryl methyl sites for hydroxylation is 1. The smallest absolute Gasteiger partial charge is 0.328 e. The molecule has 92 valence electrons. The molecule has 0 bridgehead atoms. The first kappa shape index (κ1) is 11.8. The third kappa shape index (κ3) is 3.18. The van der Waals surface area contributed by atoms with Gasteiger partial charge in [-0.25, -0.2) is 0 Å². The van der Waals surface area contributed by atoms with Crippen molar-refractivity contribution in [2.45, 2.75) is 6.92 Å². The van der Waals surface area contributed by atoms with Gasteiger partial charge in [-0.05, 0) is 30.7 Å². The van der Waals surface area contributed by atoms with Gasteiger partial charge in [-0.3, -0.25) is 10.1 Å². The molecule has 3 N–H and O–H groups in total. The molecule has 1 amide bonds. The lowest BCUT2D eigenvalue weighted by Crippen LogP contribution is -2.07. The van der Waals surface area contributed by atoms with E-state index in [1.54, 1.807) is 25.1 Å². The number of amides is 1. The normalized spacial score (nSPS) is 10.7. The van der Waals surface area contributed by atoms with Crippen molar-refractivity contribution < 1.29 is 9.32 Å². The van der Waals surface area contributed by atoms with E-state index in [0.717, 1.165) is 5.56 Å². The number of carbonyl (C=O) groups excluding carboxylic acids is 1. The van der Waals surface area contributed by atoms with Crippen molar-refractivity contribution in [2.24, 2.45) is 0 Å². The molecule has 6 nitrogen and oxygen atoms in total. The van der Waals surface area contributed by atoms with Gasteiger partial charge in [0.1, 0.15) is 0 Å². The SMILES string of the molecule is Cc1noc(NC(=O)/C=C/c2ccc(N)cc2)n1. The van der Waals surface area contributed by atoms with Crippen molar-refractivity contribution in [3.63, 3.8) is 0 Å². The van der Waals surface area contributed by atoms with Crippen LogP contribution in [0.15, 0.2) is 34.9 Å². The summed E-state index contributed by atoms with van der Waals surface area (Å²) in [7, 11) is 0. The summed E-state index contributed by atoms with van der Waals surface area (Å²) in [5, 5.41) is 6.01. The molecular weight excluding hydrogens is 232 g/mol. The van der Waals surface area contributed by atoms with Gasteiger partial charge in [-0.15, -0.1) is 0 Å². The summed E-state index contributed by atoms with van der Waals surface area (Å²) in [5.41, 5.74) is 7.11. The van der Waals surface area contributed by atoms with Crippen LogP contribution < -0.4 is 11.1 Å². The van der Waals surface area contributed by atoms with E-state index >= 15 is 0 Å². The van der Waals surface area contributed by atoms with Gasteiger partial charge in [0, 0.05) is 11.8 Å². The Morgan fingerprint density at radius 3 is 2.72 bits per heavy atom. The number of rotatable bonds is 3. The highest BCUT2D eigenvalue weighted by atomic mass is 16.5. The number of hydrogen-bond acceptors (Lipinski definition) is 5. The van der Waals surface area contributed by atoms with Crippen LogP contribution in [0.1, 0.15) is 11.4 Å². The van der Waals surface area contributed by atoms with E-state index in [4.69, 9.17) is 10.3 Å². The lowest BCUT2D eigenvalue weighted by atomic mass is 10.2. The van der Waals surface area contributed by atoms with Gasteiger partial charge in [0.25, 0.3) is 5.91 Å². The summed E-state index contributed by atoms with van der Waals surface area (Å²) in [6.07, 6.45) is 3.04. The Kier molecular flexibility index (Phi) is 3.38. The van der Waals surface area contributed by atoms with Crippen LogP contribution in [0.2, 0.25) is 0 Å². The van der Waals surface area contributed by atoms with Crippen molar-refractivity contribution >= 4 is 23.7 Å². The van der Waals surface area contributed by atoms with Crippen molar-refractivity contribution in [1.82, 2.24) is 10.1 Å². The van der Waals surface area contributed by atoms with Gasteiger partial charge < -0.3 is 10.3 Å². The third-order valence-corrected chi connectivity index (χ3v) is 2.12. The zero-order valence-electron chi connectivity index (χ0n) is 9.75. The summed E-state index contributed by atoms with van der Waals surface area (Å²) in [6, 6.07) is 7.24. The topological polar surface area (TPSA) is 94.0 Å². The Bertz CT molecular complexity index is 572. The second-order valence-electron chi connectivity index (χ2n) is 3.64. The Hall–Kier alpha value is -2.63. The largest absolute Gasteiger partial charge is 0.399 e. The monoisotopic (exact) mass is 244 g/mol. The number of hydrogen-bond donors (Lipinski definition) is 2.